The monoisotopic (exact) mass is 227 g/mol. The summed E-state index contributed by atoms with van der Waals surface area (Å²) < 4.78 is 13.6. The van der Waals surface area contributed by atoms with E-state index in [4.69, 9.17) is 17.3 Å². The first-order valence-corrected chi connectivity index (χ1v) is 5.17. The first-order chi connectivity index (χ1) is 7.02. The smallest absolute Gasteiger partial charge is 0.144 e. The van der Waals surface area contributed by atoms with Gasteiger partial charge in [0.25, 0.3) is 0 Å². The first kappa shape index (κ1) is 12.2. The maximum atomic E-state index is 13.6. The third-order valence-electron chi connectivity index (χ3n) is 2.58. The Morgan fingerprint density at radius 3 is 2.80 bits per heavy atom. The van der Waals surface area contributed by atoms with Crippen LogP contribution in [0, 0.1) is 11.2 Å². The zero-order chi connectivity index (χ0) is 11.5. The molecule has 0 aliphatic heterocycles. The lowest BCUT2D eigenvalue weighted by Gasteiger charge is -2.23. The zero-order valence-electron chi connectivity index (χ0n) is 8.76. The van der Waals surface area contributed by atoms with Crippen LogP contribution in [0.2, 0.25) is 5.02 Å². The Morgan fingerprint density at radius 2 is 2.27 bits per heavy atom. The van der Waals surface area contributed by atoms with Crippen molar-refractivity contribution in [2.75, 3.05) is 6.54 Å². The number of hydrogen-bond donors (Lipinski definition) is 1. The number of halogens is 2. The molecule has 1 unspecified atom stereocenters. The molecule has 0 bridgehead atoms. The summed E-state index contributed by atoms with van der Waals surface area (Å²) >= 11 is 5.70. The van der Waals surface area contributed by atoms with Gasteiger partial charge in [0.2, 0.25) is 0 Å². The molecule has 0 aliphatic carbocycles. The third-order valence-corrected chi connectivity index (χ3v) is 2.88. The highest BCUT2D eigenvalue weighted by Crippen LogP contribution is 2.26. The van der Waals surface area contributed by atoms with Crippen LogP contribution in [0.3, 0.4) is 0 Å². The minimum absolute atomic E-state index is 0.149. The second kappa shape index (κ2) is 4.77. The molecular weight excluding hydrogens is 213 g/mol. The molecule has 15 heavy (non-hydrogen) atoms. The highest BCUT2D eigenvalue weighted by atomic mass is 35.5. The molecule has 0 amide bonds. The molecule has 0 heterocycles. The van der Waals surface area contributed by atoms with Crippen molar-refractivity contribution in [3.63, 3.8) is 0 Å². The van der Waals surface area contributed by atoms with Gasteiger partial charge in [0, 0.05) is 12.0 Å². The molecule has 1 aromatic rings. The van der Waals surface area contributed by atoms with Crippen molar-refractivity contribution in [3.05, 3.63) is 47.3 Å². The molecule has 1 nitrogen and oxygen atoms in total. The van der Waals surface area contributed by atoms with Gasteiger partial charge in [-0.3, -0.25) is 0 Å². The van der Waals surface area contributed by atoms with Gasteiger partial charge in [-0.2, -0.15) is 0 Å². The third kappa shape index (κ3) is 2.80. The largest absolute Gasteiger partial charge is 0.330 e. The molecule has 0 fully saturated rings. The second-order valence-electron chi connectivity index (χ2n) is 3.95. The van der Waals surface area contributed by atoms with Crippen LogP contribution in [-0.4, -0.2) is 6.54 Å². The summed E-state index contributed by atoms with van der Waals surface area (Å²) in [5, 5.41) is 0.149. The molecule has 1 rings (SSSR count). The highest BCUT2D eigenvalue weighted by Gasteiger charge is 2.21. The number of nitrogens with two attached hydrogens (primary N) is 1. The lowest BCUT2D eigenvalue weighted by atomic mass is 9.84. The van der Waals surface area contributed by atoms with Crippen molar-refractivity contribution < 1.29 is 4.39 Å². The Balaban J connectivity index is 2.98. The van der Waals surface area contributed by atoms with Gasteiger partial charge in [-0.05, 0) is 18.1 Å². The Morgan fingerprint density at radius 1 is 1.60 bits per heavy atom. The van der Waals surface area contributed by atoms with E-state index in [-0.39, 0.29) is 16.3 Å². The molecule has 1 atom stereocenters. The summed E-state index contributed by atoms with van der Waals surface area (Å²) in [6, 6.07) is 4.99. The quantitative estimate of drug-likeness (QED) is 0.786. The van der Waals surface area contributed by atoms with Gasteiger partial charge in [-0.1, -0.05) is 36.7 Å². The van der Waals surface area contributed by atoms with E-state index in [0.717, 1.165) is 0 Å². The molecule has 0 saturated carbocycles. The SMILES string of the molecule is C=CC(C)(CN)Cc1cccc(Cl)c1F. The molecule has 2 N–H and O–H groups in total. The van der Waals surface area contributed by atoms with Crippen LogP contribution >= 0.6 is 11.6 Å². The summed E-state index contributed by atoms with van der Waals surface area (Å²) in [7, 11) is 0. The fourth-order valence-electron chi connectivity index (χ4n) is 1.35. The lowest BCUT2D eigenvalue weighted by molar-refractivity contribution is 0.428. The second-order valence-corrected chi connectivity index (χ2v) is 4.36. The topological polar surface area (TPSA) is 26.0 Å². The lowest BCUT2D eigenvalue weighted by Crippen LogP contribution is -2.27. The Labute approximate surface area is 94.7 Å². The van der Waals surface area contributed by atoms with E-state index in [0.29, 0.717) is 18.5 Å². The fraction of sp³-hybridized carbons (Fsp3) is 0.333. The predicted molar refractivity (Wildman–Crippen MR) is 62.5 cm³/mol. The van der Waals surface area contributed by atoms with Crippen LogP contribution in [-0.2, 0) is 6.42 Å². The van der Waals surface area contributed by atoms with E-state index in [9.17, 15) is 4.39 Å². The average molecular weight is 228 g/mol. The van der Waals surface area contributed by atoms with Crippen molar-refractivity contribution >= 4 is 11.6 Å². The normalized spacial score (nSPS) is 14.7. The number of rotatable bonds is 4. The summed E-state index contributed by atoms with van der Waals surface area (Å²) in [5.74, 6) is -0.360. The Kier molecular flexibility index (Phi) is 3.89. The van der Waals surface area contributed by atoms with Gasteiger partial charge in [0.15, 0.2) is 0 Å². The molecule has 0 aliphatic rings. The van der Waals surface area contributed by atoms with Crippen LogP contribution in [0.5, 0.6) is 0 Å². The number of hydrogen-bond acceptors (Lipinski definition) is 1. The average Bonchev–Trinajstić information content (AvgIpc) is 2.25. The van der Waals surface area contributed by atoms with Crippen molar-refractivity contribution in [2.45, 2.75) is 13.3 Å². The summed E-state index contributed by atoms with van der Waals surface area (Å²) in [6.45, 7) is 6.09. The van der Waals surface area contributed by atoms with E-state index >= 15 is 0 Å². The van der Waals surface area contributed by atoms with Crippen LogP contribution in [0.1, 0.15) is 12.5 Å². The first-order valence-electron chi connectivity index (χ1n) is 4.79. The highest BCUT2D eigenvalue weighted by molar-refractivity contribution is 6.30. The van der Waals surface area contributed by atoms with Gasteiger partial charge in [-0.15, -0.1) is 6.58 Å². The maximum Gasteiger partial charge on any atom is 0.144 e. The van der Waals surface area contributed by atoms with E-state index < -0.39 is 0 Å². The van der Waals surface area contributed by atoms with Crippen molar-refractivity contribution in [2.24, 2.45) is 11.1 Å². The molecule has 1 aromatic carbocycles. The van der Waals surface area contributed by atoms with Crippen molar-refractivity contribution in [1.82, 2.24) is 0 Å². The molecule has 0 radical (unpaired) electrons. The van der Waals surface area contributed by atoms with Crippen LogP contribution in [0.4, 0.5) is 4.39 Å². The summed E-state index contributed by atoms with van der Waals surface area (Å²) in [4.78, 5) is 0. The Bertz CT molecular complexity index is 365. The minimum atomic E-state index is -0.360. The zero-order valence-corrected chi connectivity index (χ0v) is 9.52. The standard InChI is InChI=1S/C12H15ClFN/c1-3-12(2,8-15)7-9-5-4-6-10(13)11(9)14/h3-6H,1,7-8,15H2,2H3. The summed E-state index contributed by atoms with van der Waals surface area (Å²) in [5.41, 5.74) is 5.92. The summed E-state index contributed by atoms with van der Waals surface area (Å²) in [6.07, 6.45) is 2.27. The van der Waals surface area contributed by atoms with E-state index in [1.165, 1.54) is 6.07 Å². The molecule has 82 valence electrons. The van der Waals surface area contributed by atoms with Crippen molar-refractivity contribution in [3.8, 4) is 0 Å². The fourth-order valence-corrected chi connectivity index (χ4v) is 1.54. The van der Waals surface area contributed by atoms with Crippen molar-refractivity contribution in [1.29, 1.82) is 0 Å². The van der Waals surface area contributed by atoms with Crippen LogP contribution < -0.4 is 5.73 Å². The van der Waals surface area contributed by atoms with E-state index in [2.05, 4.69) is 6.58 Å². The molecule has 0 spiro atoms. The van der Waals surface area contributed by atoms with Gasteiger partial charge < -0.3 is 5.73 Å². The van der Waals surface area contributed by atoms with E-state index in [1.54, 1.807) is 18.2 Å². The number of benzene rings is 1. The van der Waals surface area contributed by atoms with Gasteiger partial charge in [0.05, 0.1) is 5.02 Å². The predicted octanol–water partition coefficient (Wildman–Crippen LogP) is 3.17. The van der Waals surface area contributed by atoms with Gasteiger partial charge in [0.1, 0.15) is 5.82 Å². The maximum absolute atomic E-state index is 13.6. The van der Waals surface area contributed by atoms with Gasteiger partial charge >= 0.3 is 0 Å². The molecule has 0 aromatic heterocycles. The molecular formula is C12H15ClFN. The molecule has 3 heteroatoms. The van der Waals surface area contributed by atoms with Crippen LogP contribution in [0.25, 0.3) is 0 Å². The minimum Gasteiger partial charge on any atom is -0.330 e. The molecule has 0 saturated heterocycles. The van der Waals surface area contributed by atoms with Gasteiger partial charge in [-0.25, -0.2) is 4.39 Å². The van der Waals surface area contributed by atoms with Crippen LogP contribution in [0.15, 0.2) is 30.9 Å². The Hall–Kier alpha value is -0.860. The van der Waals surface area contributed by atoms with E-state index in [1.807, 2.05) is 6.92 Å².